The van der Waals surface area contributed by atoms with Crippen molar-refractivity contribution in [3.63, 3.8) is 0 Å². The summed E-state index contributed by atoms with van der Waals surface area (Å²) < 4.78 is 39.7. The van der Waals surface area contributed by atoms with E-state index in [4.69, 9.17) is 5.26 Å². The van der Waals surface area contributed by atoms with E-state index in [9.17, 15) is 13.2 Å². The molecule has 0 atom stereocenters. The van der Waals surface area contributed by atoms with Gasteiger partial charge in [0.15, 0.2) is 0 Å². The van der Waals surface area contributed by atoms with Crippen molar-refractivity contribution in [3.8, 4) is 28.5 Å². The maximum Gasteiger partial charge on any atom is 0.416 e. The lowest BCUT2D eigenvalue weighted by molar-refractivity contribution is -0.137. The Morgan fingerprint density at radius 2 is 1.48 bits per heavy atom. The quantitative estimate of drug-likeness (QED) is 0.380. The second-order valence-corrected chi connectivity index (χ2v) is 6.84. The number of aromatic nitrogens is 1. The van der Waals surface area contributed by atoms with E-state index in [0.29, 0.717) is 16.6 Å². The summed E-state index contributed by atoms with van der Waals surface area (Å²) >= 11 is 0. The Kier molecular flexibility index (Phi) is 4.56. The second-order valence-electron chi connectivity index (χ2n) is 6.84. The van der Waals surface area contributed by atoms with Crippen LogP contribution in [0.3, 0.4) is 0 Å². The smallest absolute Gasteiger partial charge is 0.248 e. The molecule has 0 fully saturated rings. The summed E-state index contributed by atoms with van der Waals surface area (Å²) in [5.41, 5.74) is 4.14. The van der Waals surface area contributed by atoms with Crippen LogP contribution in [0.5, 0.6) is 0 Å². The van der Waals surface area contributed by atoms with Gasteiger partial charge in [0.2, 0.25) is 0 Å². The van der Waals surface area contributed by atoms with Gasteiger partial charge in [-0.15, -0.1) is 0 Å². The van der Waals surface area contributed by atoms with E-state index in [1.54, 1.807) is 24.3 Å². The van der Waals surface area contributed by atoms with Gasteiger partial charge in [0.05, 0.1) is 28.4 Å². The van der Waals surface area contributed by atoms with Crippen molar-refractivity contribution in [2.45, 2.75) is 13.1 Å². The zero-order valence-electron chi connectivity index (χ0n) is 15.5. The number of nitrogens with zero attached hydrogens (tertiary/aromatic N) is 2. The summed E-state index contributed by atoms with van der Waals surface area (Å²) in [6.07, 6.45) is -4.44. The molecule has 4 aromatic rings. The van der Waals surface area contributed by atoms with Gasteiger partial charge in [0.25, 0.3) is 0 Å². The second kappa shape index (κ2) is 7.06. The van der Waals surface area contributed by atoms with Gasteiger partial charge in [-0.05, 0) is 48.4 Å². The van der Waals surface area contributed by atoms with Crippen LogP contribution >= 0.6 is 0 Å². The Balaban J connectivity index is 1.98. The van der Waals surface area contributed by atoms with E-state index in [0.717, 1.165) is 34.4 Å². The average molecular weight is 388 g/mol. The fourth-order valence-electron chi connectivity index (χ4n) is 3.24. The lowest BCUT2D eigenvalue weighted by Crippen LogP contribution is -2.04. The first-order valence-electron chi connectivity index (χ1n) is 8.95. The Morgan fingerprint density at radius 3 is 2.10 bits per heavy atom. The molecule has 0 N–H and O–H groups in total. The van der Waals surface area contributed by atoms with Gasteiger partial charge in [-0.2, -0.15) is 18.4 Å². The van der Waals surface area contributed by atoms with E-state index >= 15 is 0 Å². The van der Waals surface area contributed by atoms with Crippen LogP contribution in [-0.2, 0) is 6.18 Å². The summed E-state index contributed by atoms with van der Waals surface area (Å²) in [7, 11) is 0. The van der Waals surface area contributed by atoms with Crippen LogP contribution in [0.4, 0.5) is 13.2 Å². The minimum absolute atomic E-state index is 0.275. The molecule has 1 heterocycles. The topological polar surface area (TPSA) is 36.7 Å². The molecule has 0 bridgehead atoms. The molecular weight excluding hydrogens is 373 g/mol. The third kappa shape index (κ3) is 3.70. The molecule has 0 saturated heterocycles. The molecule has 2 nitrogen and oxygen atoms in total. The van der Waals surface area contributed by atoms with Crippen LogP contribution in [-0.4, -0.2) is 4.98 Å². The number of rotatable bonds is 2. The summed E-state index contributed by atoms with van der Waals surface area (Å²) in [5, 5.41) is 9.64. The zero-order valence-corrected chi connectivity index (χ0v) is 15.5. The average Bonchev–Trinajstić information content (AvgIpc) is 2.72. The molecule has 0 saturated carbocycles. The zero-order chi connectivity index (χ0) is 20.6. The summed E-state index contributed by atoms with van der Waals surface area (Å²) in [5.74, 6) is 0. The molecule has 29 heavy (non-hydrogen) atoms. The number of pyridine rings is 1. The molecule has 0 aliphatic carbocycles. The number of benzene rings is 3. The predicted molar refractivity (Wildman–Crippen MR) is 107 cm³/mol. The first kappa shape index (κ1) is 18.7. The maximum atomic E-state index is 13.2. The van der Waals surface area contributed by atoms with Gasteiger partial charge >= 0.3 is 6.18 Å². The Hall–Kier alpha value is -3.65. The number of alkyl halides is 3. The molecule has 0 aliphatic rings. The minimum Gasteiger partial charge on any atom is -0.248 e. The highest BCUT2D eigenvalue weighted by atomic mass is 19.4. The highest BCUT2D eigenvalue weighted by Gasteiger charge is 2.30. The Morgan fingerprint density at radius 1 is 0.828 bits per heavy atom. The highest BCUT2D eigenvalue weighted by Crippen LogP contribution is 2.36. The Bertz CT molecular complexity index is 1230. The van der Waals surface area contributed by atoms with E-state index in [1.807, 2.05) is 37.3 Å². The molecule has 5 heteroatoms. The fraction of sp³-hybridized carbons (Fsp3) is 0.0833. The molecule has 4 rings (SSSR count). The summed E-state index contributed by atoms with van der Waals surface area (Å²) in [6.45, 7) is 1.98. The minimum atomic E-state index is -4.44. The number of halogens is 3. The molecule has 0 amide bonds. The number of nitriles is 1. The molecule has 0 unspecified atom stereocenters. The van der Waals surface area contributed by atoms with Crippen molar-refractivity contribution in [3.05, 3.63) is 89.5 Å². The molecule has 3 aromatic carbocycles. The SMILES string of the molecule is Cc1ccc(-c2cc(-c3ccc(C#N)cc3)nc3cc(C(F)(F)F)ccc23)cc1. The predicted octanol–water partition coefficient (Wildman–Crippen LogP) is 6.77. The van der Waals surface area contributed by atoms with Gasteiger partial charge in [0, 0.05) is 10.9 Å². The molecule has 0 spiro atoms. The first-order chi connectivity index (χ1) is 13.8. The van der Waals surface area contributed by atoms with Crippen LogP contribution in [0, 0.1) is 18.3 Å². The van der Waals surface area contributed by atoms with Crippen molar-refractivity contribution in [1.82, 2.24) is 4.98 Å². The van der Waals surface area contributed by atoms with Crippen LogP contribution in [0.25, 0.3) is 33.3 Å². The highest BCUT2D eigenvalue weighted by molar-refractivity contribution is 5.97. The van der Waals surface area contributed by atoms with Crippen LogP contribution in [0.1, 0.15) is 16.7 Å². The normalized spacial score (nSPS) is 11.4. The number of hydrogen-bond donors (Lipinski definition) is 0. The summed E-state index contributed by atoms with van der Waals surface area (Å²) in [6, 6.07) is 22.2. The summed E-state index contributed by atoms with van der Waals surface area (Å²) in [4.78, 5) is 4.50. The van der Waals surface area contributed by atoms with Crippen LogP contribution in [0.2, 0.25) is 0 Å². The van der Waals surface area contributed by atoms with Gasteiger partial charge in [0.1, 0.15) is 0 Å². The largest absolute Gasteiger partial charge is 0.416 e. The van der Waals surface area contributed by atoms with Crippen molar-refractivity contribution in [2.24, 2.45) is 0 Å². The van der Waals surface area contributed by atoms with Crippen LogP contribution < -0.4 is 0 Å². The van der Waals surface area contributed by atoms with Crippen molar-refractivity contribution >= 4 is 10.9 Å². The van der Waals surface area contributed by atoms with E-state index in [-0.39, 0.29) is 5.52 Å². The number of fused-ring (bicyclic) bond motifs is 1. The number of aryl methyl sites for hydroxylation is 1. The van der Waals surface area contributed by atoms with Gasteiger partial charge in [-0.3, -0.25) is 0 Å². The number of hydrogen-bond acceptors (Lipinski definition) is 2. The lowest BCUT2D eigenvalue weighted by Gasteiger charge is -2.13. The third-order valence-corrected chi connectivity index (χ3v) is 4.81. The van der Waals surface area contributed by atoms with Gasteiger partial charge in [-0.1, -0.05) is 48.0 Å². The molecule has 1 aromatic heterocycles. The van der Waals surface area contributed by atoms with E-state index in [1.165, 1.54) is 6.07 Å². The fourth-order valence-corrected chi connectivity index (χ4v) is 3.24. The lowest BCUT2D eigenvalue weighted by atomic mass is 9.96. The van der Waals surface area contributed by atoms with E-state index in [2.05, 4.69) is 11.1 Å². The molecule has 0 radical (unpaired) electrons. The molecular formula is C24H15F3N2. The first-order valence-corrected chi connectivity index (χ1v) is 8.95. The van der Waals surface area contributed by atoms with Crippen molar-refractivity contribution in [2.75, 3.05) is 0 Å². The van der Waals surface area contributed by atoms with Gasteiger partial charge in [-0.25, -0.2) is 4.98 Å². The van der Waals surface area contributed by atoms with Crippen LogP contribution in [0.15, 0.2) is 72.8 Å². The maximum absolute atomic E-state index is 13.2. The molecule has 0 aliphatic heterocycles. The van der Waals surface area contributed by atoms with E-state index < -0.39 is 11.7 Å². The third-order valence-electron chi connectivity index (χ3n) is 4.81. The Labute approximate surface area is 165 Å². The van der Waals surface area contributed by atoms with Gasteiger partial charge < -0.3 is 0 Å². The monoisotopic (exact) mass is 388 g/mol. The van der Waals surface area contributed by atoms with Crippen molar-refractivity contribution in [1.29, 1.82) is 5.26 Å². The standard InChI is InChI=1S/C24H15F3N2/c1-15-2-6-17(7-3-15)21-13-22(18-8-4-16(14-28)5-9-18)29-23-12-19(24(25,26)27)10-11-20(21)23/h2-13H,1H3. The van der Waals surface area contributed by atoms with Crippen molar-refractivity contribution < 1.29 is 13.2 Å². The molecule has 142 valence electrons.